The third-order valence-electron chi connectivity index (χ3n) is 6.16. The van der Waals surface area contributed by atoms with E-state index in [9.17, 15) is 19.5 Å². The van der Waals surface area contributed by atoms with Gasteiger partial charge in [-0.3, -0.25) is 9.59 Å². The number of amides is 1. The van der Waals surface area contributed by atoms with E-state index in [2.05, 4.69) is 100 Å². The molecule has 47 heavy (non-hydrogen) atoms. The fraction of sp³-hybridized carbons (Fsp3) is 0.543. The van der Waals surface area contributed by atoms with Crippen molar-refractivity contribution < 1.29 is 30.1 Å². The fourth-order valence-corrected chi connectivity index (χ4v) is 8.09. The average Bonchev–Trinajstić information content (AvgIpc) is 3.39. The minimum absolute atomic E-state index is 0.113. The van der Waals surface area contributed by atoms with Gasteiger partial charge in [-0.25, -0.2) is 4.98 Å². The number of rotatable bonds is 16. The van der Waals surface area contributed by atoms with Crippen molar-refractivity contribution >= 4 is 80.2 Å². The van der Waals surface area contributed by atoms with Gasteiger partial charge in [0.1, 0.15) is 5.69 Å². The molecule has 0 aliphatic heterocycles. The molecule has 1 amide bonds. The second-order valence-electron chi connectivity index (χ2n) is 12.3. The molecule has 0 saturated carbocycles. The van der Waals surface area contributed by atoms with E-state index in [-0.39, 0.29) is 30.6 Å². The number of quaternary nitrogens is 2. The number of nitrogens with one attached hydrogen (secondary N) is 2. The van der Waals surface area contributed by atoms with E-state index in [1.165, 1.54) is 24.5 Å². The van der Waals surface area contributed by atoms with Gasteiger partial charge in [0.15, 0.2) is 10.1 Å². The van der Waals surface area contributed by atoms with Crippen LogP contribution in [-0.4, -0.2) is 70.3 Å². The van der Waals surface area contributed by atoms with Gasteiger partial charge in [0.05, 0.1) is 41.3 Å². The zero-order valence-electron chi connectivity index (χ0n) is 29.5. The lowest BCUT2D eigenvalue weighted by molar-refractivity contribution is -0.788. The molecule has 2 unspecified atom stereocenters. The molecule has 8 nitrogen and oxygen atoms in total. The number of thiazole rings is 1. The number of thioether (sulfide) groups is 3. The maximum Gasteiger partial charge on any atom is 0.220 e. The van der Waals surface area contributed by atoms with Gasteiger partial charge in [-0.1, -0.05) is 77.6 Å². The first-order chi connectivity index (χ1) is 22.1. The number of benzene rings is 2. The molecule has 3 rings (SSSR count). The Bertz CT molecular complexity index is 1330. The number of Topliss-reactive ketones (excluding diaryl/α,β-unsaturated/α-hetero) is 1. The third-order valence-corrected chi connectivity index (χ3v) is 10.6. The van der Waals surface area contributed by atoms with Gasteiger partial charge in [0.2, 0.25) is 5.91 Å². The van der Waals surface area contributed by atoms with Crippen molar-refractivity contribution in [2.45, 2.75) is 111 Å². The number of ketones is 1. The standard InChI is InChI=1S/C14H26N2O4S.C11H17NS.C10H11NS2/c1-9(2)21-8-11(12(17)5-7-14(19)20)16-13(18)6-4-10(3)15;1-9(2)13-11-8-6-5-7-10(11)12(3)4;1-7(2)12-10-11-8-5-3-4-6-9(8)13-10/h9-11H,4-8,15H2,1-3H3,(H,16,18)(H,19,20);5-9H,1-4H3;3-7H,1-2H3/p+1. The molecule has 0 bridgehead atoms. The van der Waals surface area contributed by atoms with Crippen LogP contribution < -0.4 is 21.1 Å². The molecule has 0 radical (unpaired) electrons. The highest BCUT2D eigenvalue weighted by Gasteiger charge is 2.21. The number of carbonyl (C=O) groups excluding carboxylic acids is 3. The van der Waals surface area contributed by atoms with E-state index in [1.807, 2.05) is 50.4 Å². The van der Waals surface area contributed by atoms with Gasteiger partial charge >= 0.3 is 0 Å². The number of carboxylic acid groups (broad SMARTS) is 1. The predicted molar refractivity (Wildman–Crippen MR) is 201 cm³/mol. The number of para-hydroxylation sites is 2. The third kappa shape index (κ3) is 19.5. The minimum Gasteiger partial charge on any atom is -0.550 e. The van der Waals surface area contributed by atoms with Crippen LogP contribution in [0.2, 0.25) is 0 Å². The molecule has 262 valence electrons. The fourth-order valence-electron chi connectivity index (χ4n) is 3.89. The number of carboxylic acids is 1. The van der Waals surface area contributed by atoms with E-state index in [1.54, 1.807) is 23.1 Å². The summed E-state index contributed by atoms with van der Waals surface area (Å²) >= 11 is 7.10. The van der Waals surface area contributed by atoms with Gasteiger partial charge in [-0.2, -0.15) is 11.8 Å². The summed E-state index contributed by atoms with van der Waals surface area (Å²) in [6.45, 7) is 14.8. The number of nitrogens with zero attached hydrogens (tertiary/aromatic N) is 1. The van der Waals surface area contributed by atoms with Gasteiger partial charge in [0, 0.05) is 47.6 Å². The van der Waals surface area contributed by atoms with E-state index in [0.717, 1.165) is 5.52 Å². The molecule has 0 spiro atoms. The lowest BCUT2D eigenvalue weighted by atomic mass is 10.1. The molecule has 0 aliphatic carbocycles. The Labute approximate surface area is 298 Å². The maximum atomic E-state index is 12.0. The van der Waals surface area contributed by atoms with Crippen LogP contribution in [0.4, 0.5) is 5.69 Å². The van der Waals surface area contributed by atoms with Crippen molar-refractivity contribution in [1.82, 2.24) is 10.3 Å². The number of hydrogen-bond donors (Lipinski definition) is 3. The first-order valence-corrected chi connectivity index (χ1v) is 19.8. The molecule has 1 aromatic heterocycles. The molecule has 2 atom stereocenters. The normalized spacial score (nSPS) is 12.4. The van der Waals surface area contributed by atoms with Crippen molar-refractivity contribution in [3.8, 4) is 0 Å². The summed E-state index contributed by atoms with van der Waals surface area (Å²) in [5.41, 5.74) is 6.32. The van der Waals surface area contributed by atoms with E-state index >= 15 is 0 Å². The number of hydrogen-bond acceptors (Lipinski definition) is 9. The second-order valence-corrected chi connectivity index (χ2v) is 18.3. The largest absolute Gasteiger partial charge is 0.550 e. The van der Waals surface area contributed by atoms with E-state index in [0.29, 0.717) is 34.3 Å². The number of carbonyl (C=O) groups is 3. The van der Waals surface area contributed by atoms with Crippen molar-refractivity contribution in [2.75, 3.05) is 19.8 Å². The molecule has 5 N–H and O–H groups in total. The molecule has 0 saturated heterocycles. The van der Waals surface area contributed by atoms with Crippen molar-refractivity contribution in [2.24, 2.45) is 0 Å². The average molecular weight is 724 g/mol. The van der Waals surface area contributed by atoms with Crippen molar-refractivity contribution in [3.05, 3.63) is 48.5 Å². The van der Waals surface area contributed by atoms with Gasteiger partial charge in [-0.05, 0) is 36.8 Å². The highest BCUT2D eigenvalue weighted by Crippen LogP contribution is 2.31. The molecule has 0 fully saturated rings. The van der Waals surface area contributed by atoms with Crippen LogP contribution in [0.15, 0.2) is 57.8 Å². The van der Waals surface area contributed by atoms with Crippen LogP contribution in [0.1, 0.15) is 74.1 Å². The number of aromatic nitrogens is 1. The summed E-state index contributed by atoms with van der Waals surface area (Å²) in [6.07, 6.45) is 0.551. The lowest BCUT2D eigenvalue weighted by Crippen LogP contribution is -3.00. The second kappa shape index (κ2) is 23.3. The predicted octanol–water partition coefficient (Wildman–Crippen LogP) is 4.88. The first-order valence-electron chi connectivity index (χ1n) is 16.1. The lowest BCUT2D eigenvalue weighted by Gasteiger charge is -2.19. The quantitative estimate of drug-likeness (QED) is 0.178. The summed E-state index contributed by atoms with van der Waals surface area (Å²) in [7, 11) is 4.33. The zero-order chi connectivity index (χ0) is 35.5. The summed E-state index contributed by atoms with van der Waals surface area (Å²) in [6, 6.07) is 16.4. The van der Waals surface area contributed by atoms with Crippen LogP contribution in [0.5, 0.6) is 0 Å². The molecule has 0 aliphatic rings. The van der Waals surface area contributed by atoms with Crippen molar-refractivity contribution in [1.29, 1.82) is 0 Å². The molecule has 3 aromatic rings. The van der Waals surface area contributed by atoms with Gasteiger partial charge < -0.3 is 25.9 Å². The highest BCUT2D eigenvalue weighted by molar-refractivity contribution is 8.01. The Balaban J connectivity index is 0.000000367. The topological polar surface area (TPSA) is 131 Å². The van der Waals surface area contributed by atoms with Crippen molar-refractivity contribution in [3.63, 3.8) is 0 Å². The van der Waals surface area contributed by atoms with Gasteiger partial charge in [-0.15, -0.1) is 23.1 Å². The summed E-state index contributed by atoms with van der Waals surface area (Å²) < 4.78 is 2.46. The monoisotopic (exact) mass is 723 g/mol. The Hall–Kier alpha value is -2.09. The molecular formula is C35H55N4O4S4+. The molecule has 2 aromatic carbocycles. The van der Waals surface area contributed by atoms with Crippen LogP contribution in [0.3, 0.4) is 0 Å². The minimum atomic E-state index is -1.25. The van der Waals surface area contributed by atoms with Gasteiger partial charge in [0.25, 0.3) is 0 Å². The van der Waals surface area contributed by atoms with E-state index in [4.69, 9.17) is 0 Å². The SMILES string of the molecule is CC(C)Sc1ccccc1[NH+](C)C.CC(C)Sc1nc2ccccc2s1.CC([NH3+])CCC(=O)NC(CSC(C)C)C(=O)CCC(=O)[O-]. The molecule has 1 heterocycles. The van der Waals surface area contributed by atoms with Crippen LogP contribution in [0.25, 0.3) is 10.2 Å². The Morgan fingerprint density at radius 2 is 1.49 bits per heavy atom. The summed E-state index contributed by atoms with van der Waals surface area (Å²) in [5, 5.41) is 14.7. The summed E-state index contributed by atoms with van der Waals surface area (Å²) in [5.74, 6) is -1.25. The molecular weight excluding hydrogens is 669 g/mol. The van der Waals surface area contributed by atoms with Crippen LogP contribution in [-0.2, 0) is 14.4 Å². The number of aliphatic carboxylic acids is 1. The zero-order valence-corrected chi connectivity index (χ0v) is 32.7. The highest BCUT2D eigenvalue weighted by atomic mass is 32.2. The maximum absolute atomic E-state index is 12.0. The smallest absolute Gasteiger partial charge is 0.220 e. The summed E-state index contributed by atoms with van der Waals surface area (Å²) in [4.78, 5) is 41.6. The molecule has 12 heteroatoms. The Morgan fingerprint density at radius 3 is 2.04 bits per heavy atom. The Morgan fingerprint density at radius 1 is 0.872 bits per heavy atom. The van der Waals surface area contributed by atoms with Crippen LogP contribution in [0, 0.1) is 0 Å². The van der Waals surface area contributed by atoms with E-state index < -0.39 is 12.0 Å². The van der Waals surface area contributed by atoms with Crippen LogP contribution >= 0.6 is 46.6 Å². The first kappa shape index (κ1) is 42.9. The Kier molecular flexibility index (Phi) is 21.3. The number of fused-ring (bicyclic) bond motifs is 1.